The number of nitrogens with one attached hydrogen (secondary N) is 1. The van der Waals surface area contributed by atoms with Crippen LogP contribution in [0.5, 0.6) is 0 Å². The predicted molar refractivity (Wildman–Crippen MR) is 120 cm³/mol. The normalized spacial score (nSPS) is 17.5. The Balaban J connectivity index is 1.57. The van der Waals surface area contributed by atoms with Crippen molar-refractivity contribution in [3.05, 3.63) is 60.2 Å². The Morgan fingerprint density at radius 2 is 1.93 bits per heavy atom. The molecule has 1 amide bonds. The first-order chi connectivity index (χ1) is 14.4. The second kappa shape index (κ2) is 10.1. The van der Waals surface area contributed by atoms with Gasteiger partial charge in [0.15, 0.2) is 0 Å². The third-order valence-corrected chi connectivity index (χ3v) is 7.35. The Morgan fingerprint density at radius 1 is 1.17 bits per heavy atom. The predicted octanol–water partition coefficient (Wildman–Crippen LogP) is 3.36. The van der Waals surface area contributed by atoms with E-state index < -0.39 is 10.0 Å². The molecule has 1 aliphatic heterocycles. The maximum atomic E-state index is 12.8. The fraction of sp³-hybridized carbons (Fsp3) is 0.435. The van der Waals surface area contributed by atoms with Crippen LogP contribution in [0.3, 0.4) is 0 Å². The average Bonchev–Trinajstić information content (AvgIpc) is 2.77. The molecule has 1 fully saturated rings. The molecule has 1 aliphatic rings. The summed E-state index contributed by atoms with van der Waals surface area (Å²) in [6, 6.07) is 15.0. The highest BCUT2D eigenvalue weighted by atomic mass is 32.2. The number of piperidine rings is 1. The van der Waals surface area contributed by atoms with Gasteiger partial charge in [0.25, 0.3) is 15.9 Å². The molecule has 1 saturated heterocycles. The van der Waals surface area contributed by atoms with E-state index in [0.717, 1.165) is 32.0 Å². The van der Waals surface area contributed by atoms with E-state index in [1.54, 1.807) is 54.6 Å². The van der Waals surface area contributed by atoms with Crippen molar-refractivity contribution in [1.29, 1.82) is 0 Å². The number of rotatable bonds is 8. The van der Waals surface area contributed by atoms with Gasteiger partial charge in [-0.05, 0) is 68.6 Å². The van der Waals surface area contributed by atoms with Gasteiger partial charge >= 0.3 is 0 Å². The first-order valence-electron chi connectivity index (χ1n) is 10.5. The minimum atomic E-state index is -3.68. The van der Waals surface area contributed by atoms with Crippen LogP contribution in [-0.2, 0) is 10.0 Å². The van der Waals surface area contributed by atoms with Crippen LogP contribution in [-0.4, -0.2) is 52.5 Å². The summed E-state index contributed by atoms with van der Waals surface area (Å²) in [6.45, 7) is 6.16. The van der Waals surface area contributed by atoms with E-state index in [1.165, 1.54) is 24.2 Å². The summed E-state index contributed by atoms with van der Waals surface area (Å²) >= 11 is 0. The molecule has 7 heteroatoms. The summed E-state index contributed by atoms with van der Waals surface area (Å²) in [5, 5.41) is 2.95. The third-order valence-electron chi connectivity index (χ3n) is 5.55. The van der Waals surface area contributed by atoms with Crippen LogP contribution >= 0.6 is 0 Å². The number of likely N-dealkylation sites (tertiary alicyclic amines) is 1. The van der Waals surface area contributed by atoms with Crippen molar-refractivity contribution in [3.8, 4) is 0 Å². The number of carbonyl (C=O) groups is 1. The number of amides is 1. The molecule has 30 heavy (non-hydrogen) atoms. The van der Waals surface area contributed by atoms with Crippen molar-refractivity contribution >= 4 is 21.6 Å². The smallest absolute Gasteiger partial charge is 0.264 e. The first kappa shape index (κ1) is 22.3. The van der Waals surface area contributed by atoms with Gasteiger partial charge in [-0.3, -0.25) is 9.10 Å². The van der Waals surface area contributed by atoms with E-state index in [4.69, 9.17) is 0 Å². The lowest BCUT2D eigenvalue weighted by molar-refractivity contribution is 0.0950. The summed E-state index contributed by atoms with van der Waals surface area (Å²) in [6.07, 6.45) is 3.46. The molecule has 1 atom stereocenters. The van der Waals surface area contributed by atoms with Crippen molar-refractivity contribution in [2.24, 2.45) is 5.92 Å². The van der Waals surface area contributed by atoms with Gasteiger partial charge in [-0.2, -0.15) is 0 Å². The highest BCUT2D eigenvalue weighted by molar-refractivity contribution is 7.92. The number of anilines is 1. The Bertz CT molecular complexity index is 947. The highest BCUT2D eigenvalue weighted by Crippen LogP contribution is 2.23. The number of carbonyl (C=O) groups excluding carboxylic acids is 1. The minimum Gasteiger partial charge on any atom is -0.352 e. The molecule has 6 nitrogen and oxygen atoms in total. The van der Waals surface area contributed by atoms with Gasteiger partial charge in [-0.15, -0.1) is 0 Å². The maximum Gasteiger partial charge on any atom is 0.264 e. The van der Waals surface area contributed by atoms with Crippen LogP contribution in [0.4, 0.5) is 5.69 Å². The van der Waals surface area contributed by atoms with Crippen LogP contribution in [0.25, 0.3) is 0 Å². The number of hydrogen-bond donors (Lipinski definition) is 1. The SMILES string of the molecule is C[C@H]1CCCN(CCCNC(=O)c2cccc(N(C)S(=O)(=O)c3ccccc3)c2)C1. The maximum absolute atomic E-state index is 12.8. The van der Waals surface area contributed by atoms with Crippen molar-refractivity contribution in [3.63, 3.8) is 0 Å². The zero-order valence-corrected chi connectivity index (χ0v) is 18.6. The largest absolute Gasteiger partial charge is 0.352 e. The van der Waals surface area contributed by atoms with E-state index >= 15 is 0 Å². The molecule has 162 valence electrons. The van der Waals surface area contributed by atoms with Gasteiger partial charge in [0, 0.05) is 25.7 Å². The van der Waals surface area contributed by atoms with Gasteiger partial charge in [-0.25, -0.2) is 8.42 Å². The summed E-state index contributed by atoms with van der Waals surface area (Å²) in [5.41, 5.74) is 0.906. The van der Waals surface area contributed by atoms with Gasteiger partial charge in [0.05, 0.1) is 10.6 Å². The zero-order valence-electron chi connectivity index (χ0n) is 17.8. The van der Waals surface area contributed by atoms with Crippen LogP contribution in [0.1, 0.15) is 36.5 Å². The lowest BCUT2D eigenvalue weighted by Crippen LogP contribution is -2.36. The molecule has 0 bridgehead atoms. The van der Waals surface area contributed by atoms with Crippen LogP contribution in [0.15, 0.2) is 59.5 Å². The fourth-order valence-electron chi connectivity index (χ4n) is 3.83. The Kier molecular flexibility index (Phi) is 7.50. The molecule has 0 unspecified atom stereocenters. The van der Waals surface area contributed by atoms with E-state index in [1.807, 2.05) is 0 Å². The summed E-state index contributed by atoms with van der Waals surface area (Å²) in [4.78, 5) is 15.2. The number of sulfonamides is 1. The lowest BCUT2D eigenvalue weighted by atomic mass is 10.0. The van der Waals surface area contributed by atoms with Crippen molar-refractivity contribution in [2.75, 3.05) is 37.5 Å². The molecular formula is C23H31N3O3S. The van der Waals surface area contributed by atoms with E-state index in [9.17, 15) is 13.2 Å². The highest BCUT2D eigenvalue weighted by Gasteiger charge is 2.21. The fourth-order valence-corrected chi connectivity index (χ4v) is 5.04. The molecule has 1 heterocycles. The Hall–Kier alpha value is -2.38. The molecule has 3 rings (SSSR count). The lowest BCUT2D eigenvalue weighted by Gasteiger charge is -2.30. The molecule has 0 radical (unpaired) electrons. The van der Waals surface area contributed by atoms with Gasteiger partial charge < -0.3 is 10.2 Å². The van der Waals surface area contributed by atoms with Crippen LogP contribution in [0.2, 0.25) is 0 Å². The van der Waals surface area contributed by atoms with Gasteiger partial charge in [-0.1, -0.05) is 31.2 Å². The summed E-state index contributed by atoms with van der Waals surface area (Å²) in [7, 11) is -2.18. The quantitative estimate of drug-likeness (QED) is 0.653. The molecule has 0 spiro atoms. The topological polar surface area (TPSA) is 69.7 Å². The number of hydrogen-bond acceptors (Lipinski definition) is 4. The third kappa shape index (κ3) is 5.61. The van der Waals surface area contributed by atoms with E-state index in [2.05, 4.69) is 17.1 Å². The molecule has 0 saturated carbocycles. The van der Waals surface area contributed by atoms with Crippen molar-refractivity contribution in [1.82, 2.24) is 10.2 Å². The summed E-state index contributed by atoms with van der Waals surface area (Å²) in [5.74, 6) is 0.564. The molecule has 2 aromatic rings. The van der Waals surface area contributed by atoms with Crippen molar-refractivity contribution < 1.29 is 13.2 Å². The molecule has 2 aromatic carbocycles. The molecule has 0 aliphatic carbocycles. The van der Waals surface area contributed by atoms with E-state index in [-0.39, 0.29) is 10.8 Å². The molecule has 0 aromatic heterocycles. The van der Waals surface area contributed by atoms with Gasteiger partial charge in [0.2, 0.25) is 0 Å². The van der Waals surface area contributed by atoms with Crippen LogP contribution in [0, 0.1) is 5.92 Å². The number of nitrogens with zero attached hydrogens (tertiary/aromatic N) is 2. The summed E-state index contributed by atoms with van der Waals surface area (Å²) < 4.78 is 26.8. The van der Waals surface area contributed by atoms with E-state index in [0.29, 0.717) is 17.8 Å². The monoisotopic (exact) mass is 429 g/mol. The minimum absolute atomic E-state index is 0.186. The first-order valence-corrected chi connectivity index (χ1v) is 12.0. The second-order valence-corrected chi connectivity index (χ2v) is 9.96. The average molecular weight is 430 g/mol. The second-order valence-electron chi connectivity index (χ2n) is 7.99. The van der Waals surface area contributed by atoms with Crippen molar-refractivity contribution in [2.45, 2.75) is 31.1 Å². The van der Waals surface area contributed by atoms with Crippen LogP contribution < -0.4 is 9.62 Å². The standard InChI is InChI=1S/C23H31N3O3S/c1-19-9-7-15-26(18-19)16-8-14-24-23(27)20-10-6-11-21(17-20)25(2)30(28,29)22-12-4-3-5-13-22/h3-6,10-13,17,19H,7-9,14-16,18H2,1-2H3,(H,24,27)/t19-/m0/s1. The Labute approximate surface area is 179 Å². The Morgan fingerprint density at radius 3 is 2.67 bits per heavy atom. The zero-order chi connectivity index (χ0) is 21.6. The molecule has 1 N–H and O–H groups in total. The van der Waals surface area contributed by atoms with Gasteiger partial charge in [0.1, 0.15) is 0 Å². The molecular weight excluding hydrogens is 398 g/mol. The number of benzene rings is 2.